The van der Waals surface area contributed by atoms with Gasteiger partial charge in [-0.05, 0) is 25.0 Å². The number of aromatic nitrogens is 2. The maximum absolute atomic E-state index is 13.6. The van der Waals surface area contributed by atoms with E-state index < -0.39 is 0 Å². The number of para-hydroxylation sites is 1. The highest BCUT2D eigenvalue weighted by molar-refractivity contribution is 8.00. The summed E-state index contributed by atoms with van der Waals surface area (Å²) in [5, 5.41) is 10.3. The average Bonchev–Trinajstić information content (AvgIpc) is 3.34. The third-order valence-corrected chi connectivity index (χ3v) is 7.86. The third kappa shape index (κ3) is 5.13. The first kappa shape index (κ1) is 22.1. The average molecular weight is 479 g/mol. The van der Waals surface area contributed by atoms with Crippen LogP contribution in [-0.2, 0) is 12.3 Å². The fourth-order valence-corrected chi connectivity index (χ4v) is 6.05. The summed E-state index contributed by atoms with van der Waals surface area (Å²) in [4.78, 5) is 18.0. The number of furan rings is 1. The van der Waals surface area contributed by atoms with Crippen LogP contribution in [-0.4, -0.2) is 52.1 Å². The first-order chi connectivity index (χ1) is 16.2. The van der Waals surface area contributed by atoms with Crippen molar-refractivity contribution in [3.8, 4) is 0 Å². The van der Waals surface area contributed by atoms with Gasteiger partial charge >= 0.3 is 0 Å². The molecule has 0 bridgehead atoms. The molecule has 1 aliphatic heterocycles. The Morgan fingerprint density at radius 3 is 2.67 bits per heavy atom. The van der Waals surface area contributed by atoms with E-state index in [9.17, 15) is 4.79 Å². The van der Waals surface area contributed by atoms with Crippen LogP contribution < -0.4 is 0 Å². The number of fused-ring (bicyclic) bond motifs is 1. The minimum Gasteiger partial charge on any atom is -0.451 e. The van der Waals surface area contributed by atoms with Gasteiger partial charge in [0.05, 0.1) is 0 Å². The van der Waals surface area contributed by atoms with Gasteiger partial charge in [0.25, 0.3) is 5.91 Å². The minimum absolute atomic E-state index is 0.0168. The van der Waals surface area contributed by atoms with Gasteiger partial charge in [0, 0.05) is 49.4 Å². The minimum atomic E-state index is -0.0168. The molecule has 0 atom stereocenters. The molecule has 0 saturated carbocycles. The van der Waals surface area contributed by atoms with Crippen LogP contribution >= 0.6 is 23.1 Å². The van der Waals surface area contributed by atoms with Crippen molar-refractivity contribution in [2.24, 2.45) is 0 Å². The smallest absolute Gasteiger partial charge is 0.289 e. The van der Waals surface area contributed by atoms with Gasteiger partial charge in [-0.15, -0.1) is 10.2 Å². The number of hydrogen-bond donors (Lipinski definition) is 0. The van der Waals surface area contributed by atoms with Crippen LogP contribution in [0.15, 0.2) is 63.4 Å². The molecule has 4 aromatic rings. The Morgan fingerprint density at radius 2 is 1.85 bits per heavy atom. The highest BCUT2D eigenvalue weighted by Gasteiger charge is 2.27. The van der Waals surface area contributed by atoms with Gasteiger partial charge in [-0.2, -0.15) is 0 Å². The third-order valence-electron chi connectivity index (χ3n) is 5.86. The lowest BCUT2D eigenvalue weighted by Crippen LogP contribution is -2.35. The van der Waals surface area contributed by atoms with Gasteiger partial charge in [-0.3, -0.25) is 9.69 Å². The molecular weight excluding hydrogens is 452 g/mol. The van der Waals surface area contributed by atoms with Crippen LogP contribution in [0.2, 0.25) is 0 Å². The zero-order valence-electron chi connectivity index (χ0n) is 18.6. The second kappa shape index (κ2) is 10.1. The molecular formula is C25H26N4O2S2. The lowest BCUT2D eigenvalue weighted by atomic mass is 10.1. The molecule has 170 valence electrons. The second-order valence-corrected chi connectivity index (χ2v) is 10.6. The molecule has 1 saturated heterocycles. The monoisotopic (exact) mass is 478 g/mol. The van der Waals surface area contributed by atoms with Gasteiger partial charge in [0.15, 0.2) is 10.1 Å². The molecule has 6 nitrogen and oxygen atoms in total. The van der Waals surface area contributed by atoms with Gasteiger partial charge in [-0.25, -0.2) is 0 Å². The standard InChI is InChI=1S/C25H26N4O2S2/c1-18-26-27-25(33-18)32-17-21-20-10-5-6-11-22(20)31-23(21)24(30)29-13-7-12-28(14-15-29)16-19-8-3-2-4-9-19/h2-6,8-11H,7,12-17H2,1H3. The van der Waals surface area contributed by atoms with Crippen LogP contribution in [0.25, 0.3) is 11.0 Å². The number of carbonyl (C=O) groups is 1. The predicted octanol–water partition coefficient (Wildman–Crippen LogP) is 5.23. The summed E-state index contributed by atoms with van der Waals surface area (Å²) in [5.74, 6) is 1.07. The maximum Gasteiger partial charge on any atom is 0.289 e. The van der Waals surface area contributed by atoms with Crippen LogP contribution in [0.4, 0.5) is 0 Å². The molecule has 0 N–H and O–H groups in total. The molecule has 0 unspecified atom stereocenters. The van der Waals surface area contributed by atoms with E-state index in [-0.39, 0.29) is 5.91 Å². The maximum atomic E-state index is 13.6. The molecule has 3 heterocycles. The van der Waals surface area contributed by atoms with Crippen molar-refractivity contribution < 1.29 is 9.21 Å². The molecule has 1 fully saturated rings. The first-order valence-corrected chi connectivity index (χ1v) is 13.0. The van der Waals surface area contributed by atoms with E-state index in [4.69, 9.17) is 4.42 Å². The highest BCUT2D eigenvalue weighted by atomic mass is 32.2. The fraction of sp³-hybridized carbons (Fsp3) is 0.320. The number of amides is 1. The van der Waals surface area contributed by atoms with Crippen molar-refractivity contribution in [2.45, 2.75) is 30.0 Å². The molecule has 5 rings (SSSR count). The number of thioether (sulfide) groups is 1. The molecule has 8 heteroatoms. The van der Waals surface area contributed by atoms with E-state index in [0.717, 1.165) is 58.5 Å². The van der Waals surface area contributed by atoms with Crippen molar-refractivity contribution in [1.82, 2.24) is 20.0 Å². The van der Waals surface area contributed by atoms with Gasteiger partial charge < -0.3 is 9.32 Å². The van der Waals surface area contributed by atoms with Gasteiger partial charge in [0.2, 0.25) is 0 Å². The van der Waals surface area contributed by atoms with Gasteiger partial charge in [-0.1, -0.05) is 71.6 Å². The predicted molar refractivity (Wildman–Crippen MR) is 133 cm³/mol. The zero-order chi connectivity index (χ0) is 22.6. The zero-order valence-corrected chi connectivity index (χ0v) is 20.2. The quantitative estimate of drug-likeness (QED) is 0.354. The van der Waals surface area contributed by atoms with Crippen LogP contribution in [0.1, 0.15) is 33.1 Å². The number of aryl methyl sites for hydroxylation is 1. The summed E-state index contributed by atoms with van der Waals surface area (Å²) in [7, 11) is 0. The Kier molecular flexibility index (Phi) is 6.75. The van der Waals surface area contributed by atoms with Crippen LogP contribution in [0, 0.1) is 6.92 Å². The Hall–Kier alpha value is -2.68. The van der Waals surface area contributed by atoms with Crippen LogP contribution in [0.3, 0.4) is 0 Å². The topological polar surface area (TPSA) is 62.5 Å². The first-order valence-electron chi connectivity index (χ1n) is 11.2. The highest BCUT2D eigenvalue weighted by Crippen LogP contribution is 2.33. The second-order valence-electron chi connectivity index (χ2n) is 8.19. The summed E-state index contributed by atoms with van der Waals surface area (Å²) in [6.45, 7) is 6.14. The SMILES string of the molecule is Cc1nnc(SCc2c(C(=O)N3CCCN(Cc4ccccc4)CC3)oc3ccccc23)s1. The number of rotatable bonds is 6. The summed E-state index contributed by atoms with van der Waals surface area (Å²) in [5.41, 5.74) is 3.00. The Labute approximate surface area is 201 Å². The van der Waals surface area contributed by atoms with Crippen LogP contribution in [0.5, 0.6) is 0 Å². The fourth-order valence-electron chi connectivity index (χ4n) is 4.20. The van der Waals surface area contributed by atoms with E-state index >= 15 is 0 Å². The van der Waals surface area contributed by atoms with Gasteiger partial charge in [0.1, 0.15) is 10.6 Å². The largest absolute Gasteiger partial charge is 0.451 e. The summed E-state index contributed by atoms with van der Waals surface area (Å²) < 4.78 is 7.03. The Balaban J connectivity index is 1.33. The molecule has 0 aliphatic carbocycles. The molecule has 2 aromatic heterocycles. The Morgan fingerprint density at radius 1 is 1.03 bits per heavy atom. The molecule has 2 aromatic carbocycles. The number of carbonyl (C=O) groups excluding carboxylic acids is 1. The number of nitrogens with zero attached hydrogens (tertiary/aromatic N) is 4. The van der Waals surface area contributed by atoms with Crippen molar-refractivity contribution in [3.63, 3.8) is 0 Å². The molecule has 0 spiro atoms. The van der Waals surface area contributed by atoms with Crippen molar-refractivity contribution in [3.05, 3.63) is 76.5 Å². The van der Waals surface area contributed by atoms with E-state index in [1.54, 1.807) is 23.1 Å². The van der Waals surface area contributed by atoms with E-state index in [1.807, 2.05) is 42.2 Å². The van der Waals surface area contributed by atoms with E-state index in [0.29, 0.717) is 18.1 Å². The summed E-state index contributed by atoms with van der Waals surface area (Å²) >= 11 is 3.17. The molecule has 0 radical (unpaired) electrons. The molecule has 1 aliphatic rings. The van der Waals surface area contributed by atoms with Crippen molar-refractivity contribution in [1.29, 1.82) is 0 Å². The van der Waals surface area contributed by atoms with E-state index in [2.05, 4.69) is 39.4 Å². The summed E-state index contributed by atoms with van der Waals surface area (Å²) in [6, 6.07) is 18.4. The summed E-state index contributed by atoms with van der Waals surface area (Å²) in [6.07, 6.45) is 0.951. The molecule has 33 heavy (non-hydrogen) atoms. The Bertz CT molecular complexity index is 1240. The lowest BCUT2D eigenvalue weighted by Gasteiger charge is -2.21. The normalized spacial score (nSPS) is 15.1. The van der Waals surface area contributed by atoms with Crippen molar-refractivity contribution in [2.75, 3.05) is 26.2 Å². The lowest BCUT2D eigenvalue weighted by molar-refractivity contribution is 0.0730. The van der Waals surface area contributed by atoms with Crippen molar-refractivity contribution >= 4 is 40.0 Å². The van der Waals surface area contributed by atoms with E-state index in [1.165, 1.54) is 5.56 Å². The number of hydrogen-bond acceptors (Lipinski definition) is 7. The number of benzene rings is 2. The molecule has 1 amide bonds.